The number of esters is 1. The average molecular weight is 360 g/mol. The van der Waals surface area contributed by atoms with Crippen LogP contribution < -0.4 is 11.3 Å². The number of methoxy groups -OCH3 is 1. The van der Waals surface area contributed by atoms with Crippen molar-refractivity contribution in [1.29, 1.82) is 0 Å². The number of primary amides is 1. The number of H-pyrrole nitrogens is 1. The van der Waals surface area contributed by atoms with Crippen molar-refractivity contribution in [2.75, 3.05) is 7.11 Å². The third-order valence-corrected chi connectivity index (χ3v) is 3.82. The molecule has 2 aromatic rings. The quantitative estimate of drug-likeness (QED) is 0.548. The number of carbonyl (C=O) groups excluding carboxylic acids is 2. The van der Waals surface area contributed by atoms with Gasteiger partial charge in [-0.3, -0.25) is 9.59 Å². The summed E-state index contributed by atoms with van der Waals surface area (Å²) in [5.41, 5.74) is 4.39. The lowest BCUT2D eigenvalue weighted by molar-refractivity contribution is -0.118. The van der Waals surface area contributed by atoms with E-state index < -0.39 is 35.1 Å². The second-order valence-corrected chi connectivity index (χ2v) is 5.44. The van der Waals surface area contributed by atoms with Crippen LogP contribution in [0.1, 0.15) is 44.2 Å². The summed E-state index contributed by atoms with van der Waals surface area (Å²) in [7, 11) is 1.11. The Balaban J connectivity index is 2.64. The lowest BCUT2D eigenvalue weighted by Crippen LogP contribution is -2.23. The summed E-state index contributed by atoms with van der Waals surface area (Å²) < 4.78 is 4.54. The van der Waals surface area contributed by atoms with Gasteiger partial charge in [0.2, 0.25) is 5.91 Å². The molecule has 0 aliphatic rings. The molecule has 1 atom stereocenters. The molecule has 0 aliphatic heterocycles. The minimum absolute atomic E-state index is 0.00742. The summed E-state index contributed by atoms with van der Waals surface area (Å²) in [5, 5.41) is 19.4. The van der Waals surface area contributed by atoms with Crippen LogP contribution in [0.4, 0.5) is 0 Å². The van der Waals surface area contributed by atoms with E-state index in [1.54, 1.807) is 0 Å². The van der Waals surface area contributed by atoms with Gasteiger partial charge in [0.1, 0.15) is 11.3 Å². The highest BCUT2D eigenvalue weighted by Gasteiger charge is 2.27. The first-order valence-corrected chi connectivity index (χ1v) is 7.40. The molecule has 136 valence electrons. The van der Waals surface area contributed by atoms with E-state index in [9.17, 15) is 24.3 Å². The lowest BCUT2D eigenvalue weighted by atomic mass is 9.87. The number of hydrogen-bond donors (Lipinski definition) is 4. The summed E-state index contributed by atoms with van der Waals surface area (Å²) in [6, 6.07) is 5.39. The molecule has 2 rings (SSSR count). The number of aromatic hydroxyl groups is 1. The fraction of sp³-hybridized carbons (Fsp3) is 0.176. The van der Waals surface area contributed by atoms with Crippen LogP contribution in [0.25, 0.3) is 0 Å². The number of nitrogens with two attached hydrogens (primary N) is 1. The molecule has 0 saturated carbocycles. The number of aromatic carboxylic acids is 1. The number of pyridine rings is 1. The van der Waals surface area contributed by atoms with Crippen molar-refractivity contribution in [1.82, 2.24) is 4.98 Å². The predicted octanol–water partition coefficient (Wildman–Crippen LogP) is 0.573. The minimum atomic E-state index is -1.14. The number of ether oxygens (including phenoxy) is 1. The predicted molar refractivity (Wildman–Crippen MR) is 89.1 cm³/mol. The summed E-state index contributed by atoms with van der Waals surface area (Å²) >= 11 is 0. The van der Waals surface area contributed by atoms with Crippen LogP contribution in [-0.2, 0) is 9.53 Å². The summed E-state index contributed by atoms with van der Waals surface area (Å²) in [6.45, 7) is 0. The molecule has 1 unspecified atom stereocenters. The monoisotopic (exact) mass is 360 g/mol. The van der Waals surface area contributed by atoms with Gasteiger partial charge in [-0.25, -0.2) is 9.59 Å². The Morgan fingerprint density at radius 3 is 2.35 bits per heavy atom. The topological polar surface area (TPSA) is 160 Å². The van der Waals surface area contributed by atoms with Crippen LogP contribution in [0.3, 0.4) is 0 Å². The standard InChI is InChI=1S/C17H16N2O7/c1-26-17(25)11-7-19-15(22)13(14(11)21)10(6-12(18)20)8-2-4-9(5-3-8)16(23)24/h2-5,7,10H,6H2,1H3,(H2,18,20)(H,23,24)(H2,19,21,22). The number of carbonyl (C=O) groups is 3. The van der Waals surface area contributed by atoms with Crippen molar-refractivity contribution in [3.8, 4) is 5.75 Å². The number of nitrogens with one attached hydrogen (secondary N) is 1. The van der Waals surface area contributed by atoms with E-state index in [1.165, 1.54) is 24.3 Å². The zero-order valence-corrected chi connectivity index (χ0v) is 13.7. The molecule has 1 aromatic carbocycles. The van der Waals surface area contributed by atoms with E-state index in [0.717, 1.165) is 13.3 Å². The molecule has 1 amide bonds. The number of aromatic amines is 1. The molecule has 0 fully saturated rings. The number of rotatable bonds is 6. The molecule has 5 N–H and O–H groups in total. The number of hydrogen-bond acceptors (Lipinski definition) is 6. The van der Waals surface area contributed by atoms with Gasteiger partial charge in [-0.05, 0) is 17.7 Å². The second kappa shape index (κ2) is 7.51. The normalized spacial score (nSPS) is 11.6. The van der Waals surface area contributed by atoms with Crippen LogP contribution >= 0.6 is 0 Å². The summed E-state index contributed by atoms with van der Waals surface area (Å²) in [6.07, 6.45) is 0.662. The Labute approximate surface area is 147 Å². The van der Waals surface area contributed by atoms with Gasteiger partial charge in [-0.15, -0.1) is 0 Å². The number of benzene rings is 1. The molecular formula is C17H16N2O7. The first-order valence-electron chi connectivity index (χ1n) is 7.40. The molecule has 0 saturated heterocycles. The number of carboxylic acids is 1. The number of amides is 1. The zero-order valence-electron chi connectivity index (χ0n) is 13.7. The molecule has 0 bridgehead atoms. The Morgan fingerprint density at radius 2 is 1.85 bits per heavy atom. The maximum atomic E-state index is 12.3. The highest BCUT2D eigenvalue weighted by Crippen LogP contribution is 2.33. The minimum Gasteiger partial charge on any atom is -0.506 e. The van der Waals surface area contributed by atoms with Crippen LogP contribution in [0.5, 0.6) is 5.75 Å². The van der Waals surface area contributed by atoms with Crippen molar-refractivity contribution in [2.45, 2.75) is 12.3 Å². The molecule has 1 heterocycles. The lowest BCUT2D eigenvalue weighted by Gasteiger charge is -2.18. The van der Waals surface area contributed by atoms with E-state index in [0.29, 0.717) is 5.56 Å². The first-order chi connectivity index (χ1) is 12.3. The number of aromatic nitrogens is 1. The third-order valence-electron chi connectivity index (χ3n) is 3.82. The van der Waals surface area contributed by atoms with Gasteiger partial charge in [0.05, 0.1) is 18.2 Å². The van der Waals surface area contributed by atoms with Crippen LogP contribution in [0.2, 0.25) is 0 Å². The molecular weight excluding hydrogens is 344 g/mol. The van der Waals surface area contributed by atoms with Crippen molar-refractivity contribution in [3.63, 3.8) is 0 Å². The van der Waals surface area contributed by atoms with Gasteiger partial charge < -0.3 is 25.7 Å². The SMILES string of the molecule is COC(=O)c1c[nH]c(=O)c(C(CC(N)=O)c2ccc(C(=O)O)cc2)c1O. The van der Waals surface area contributed by atoms with Crippen molar-refractivity contribution < 1.29 is 29.3 Å². The third kappa shape index (κ3) is 3.72. The van der Waals surface area contributed by atoms with E-state index in [4.69, 9.17) is 10.8 Å². The highest BCUT2D eigenvalue weighted by molar-refractivity contribution is 5.92. The maximum Gasteiger partial charge on any atom is 0.343 e. The molecule has 1 aromatic heterocycles. The van der Waals surface area contributed by atoms with Gasteiger partial charge >= 0.3 is 11.9 Å². The molecule has 26 heavy (non-hydrogen) atoms. The maximum absolute atomic E-state index is 12.3. The van der Waals surface area contributed by atoms with Gasteiger partial charge in [-0.2, -0.15) is 0 Å². The Bertz CT molecular complexity index is 916. The fourth-order valence-electron chi connectivity index (χ4n) is 2.57. The number of carboxylic acid groups (broad SMARTS) is 1. The van der Waals surface area contributed by atoms with Crippen LogP contribution in [0, 0.1) is 0 Å². The van der Waals surface area contributed by atoms with Gasteiger partial charge in [0.15, 0.2) is 0 Å². The summed E-state index contributed by atoms with van der Waals surface area (Å²) in [4.78, 5) is 48.8. The van der Waals surface area contributed by atoms with Gasteiger partial charge in [0.25, 0.3) is 5.56 Å². The van der Waals surface area contributed by atoms with Crippen molar-refractivity contribution in [3.05, 3.63) is 63.1 Å². The fourth-order valence-corrected chi connectivity index (χ4v) is 2.57. The molecule has 0 spiro atoms. The second-order valence-electron chi connectivity index (χ2n) is 5.44. The van der Waals surface area contributed by atoms with E-state index in [1.807, 2.05) is 0 Å². The van der Waals surface area contributed by atoms with Gasteiger partial charge in [-0.1, -0.05) is 12.1 Å². The van der Waals surface area contributed by atoms with E-state index in [2.05, 4.69) is 9.72 Å². The van der Waals surface area contributed by atoms with Gasteiger partial charge in [0, 0.05) is 18.5 Å². The molecule has 0 aliphatic carbocycles. The van der Waals surface area contributed by atoms with E-state index in [-0.39, 0.29) is 23.1 Å². The smallest absolute Gasteiger partial charge is 0.343 e. The van der Waals surface area contributed by atoms with E-state index >= 15 is 0 Å². The van der Waals surface area contributed by atoms with Crippen LogP contribution in [0.15, 0.2) is 35.3 Å². The summed E-state index contributed by atoms with van der Waals surface area (Å²) in [5.74, 6) is -4.38. The molecule has 9 heteroatoms. The zero-order chi connectivity index (χ0) is 19.4. The Morgan fingerprint density at radius 1 is 1.23 bits per heavy atom. The van der Waals surface area contributed by atoms with Crippen molar-refractivity contribution >= 4 is 17.8 Å². The Kier molecular flexibility index (Phi) is 5.41. The largest absolute Gasteiger partial charge is 0.506 e. The van der Waals surface area contributed by atoms with Crippen LogP contribution in [-0.4, -0.2) is 40.2 Å². The Hall–Kier alpha value is -3.62. The average Bonchev–Trinajstić information content (AvgIpc) is 2.60. The highest BCUT2D eigenvalue weighted by atomic mass is 16.5. The van der Waals surface area contributed by atoms with Crippen molar-refractivity contribution in [2.24, 2.45) is 5.73 Å². The first kappa shape index (κ1) is 18.7. The molecule has 0 radical (unpaired) electrons. The molecule has 9 nitrogen and oxygen atoms in total.